The number of ether oxygens (including phenoxy) is 1. The maximum Gasteiger partial charge on any atom is 0.261 e. The number of anilines is 2. The van der Waals surface area contributed by atoms with Crippen molar-refractivity contribution >= 4 is 45.7 Å². The normalized spacial score (nSPS) is 10.5. The van der Waals surface area contributed by atoms with Crippen LogP contribution in [0.2, 0.25) is 5.02 Å². The van der Waals surface area contributed by atoms with Gasteiger partial charge in [-0.2, -0.15) is 0 Å². The highest BCUT2D eigenvalue weighted by Crippen LogP contribution is 2.26. The lowest BCUT2D eigenvalue weighted by Crippen LogP contribution is -2.22. The van der Waals surface area contributed by atoms with Crippen LogP contribution in [0, 0.1) is 0 Å². The number of methoxy groups -OCH3 is 1. The van der Waals surface area contributed by atoms with E-state index in [-0.39, 0.29) is 22.2 Å². The molecule has 0 unspecified atom stereocenters. The zero-order valence-corrected chi connectivity index (χ0v) is 15.3. The molecule has 2 aromatic carbocycles. The Bertz CT molecular complexity index is 1110. The molecule has 8 heteroatoms. The van der Waals surface area contributed by atoms with E-state index in [1.807, 2.05) is 0 Å². The number of amides is 2. The summed E-state index contributed by atoms with van der Waals surface area (Å²) < 4.78 is 5.13. The van der Waals surface area contributed by atoms with E-state index < -0.39 is 11.3 Å². The molecule has 0 aliphatic carbocycles. The van der Waals surface area contributed by atoms with E-state index in [9.17, 15) is 14.4 Å². The van der Waals surface area contributed by atoms with Crippen LogP contribution in [-0.4, -0.2) is 23.9 Å². The Hall–Kier alpha value is -3.32. The number of fused-ring (bicyclic) bond motifs is 1. The third-order valence-electron chi connectivity index (χ3n) is 3.87. The molecule has 7 nitrogen and oxygen atoms in total. The fourth-order valence-corrected chi connectivity index (χ4v) is 2.75. The van der Waals surface area contributed by atoms with Crippen LogP contribution in [0.15, 0.2) is 47.4 Å². The first-order valence-corrected chi connectivity index (χ1v) is 8.35. The molecule has 0 radical (unpaired) electrons. The number of carbonyl (C=O) groups excluding carboxylic acids is 2. The lowest BCUT2D eigenvalue weighted by atomic mass is 10.1. The predicted octanol–water partition coefficient (Wildman–Crippen LogP) is 3.40. The van der Waals surface area contributed by atoms with E-state index in [0.717, 1.165) is 0 Å². The number of nitrogens with one attached hydrogen (secondary N) is 3. The number of benzene rings is 2. The number of halogens is 1. The third kappa shape index (κ3) is 3.93. The van der Waals surface area contributed by atoms with Gasteiger partial charge in [-0.05, 0) is 36.4 Å². The van der Waals surface area contributed by atoms with Gasteiger partial charge in [0.15, 0.2) is 0 Å². The SMILES string of the molecule is COc1ccc2[nH]cc(C(=O)Nc3cc(NC(C)=O)ccc3Cl)c(=O)c2c1. The first kappa shape index (κ1) is 18.5. The first-order valence-electron chi connectivity index (χ1n) is 7.97. The number of pyridine rings is 1. The Morgan fingerprint density at radius 2 is 1.89 bits per heavy atom. The van der Waals surface area contributed by atoms with Crippen molar-refractivity contribution < 1.29 is 14.3 Å². The van der Waals surface area contributed by atoms with Gasteiger partial charge in [0.2, 0.25) is 11.3 Å². The van der Waals surface area contributed by atoms with Crippen LogP contribution in [0.1, 0.15) is 17.3 Å². The van der Waals surface area contributed by atoms with Crippen LogP contribution in [0.25, 0.3) is 10.9 Å². The fourth-order valence-electron chi connectivity index (χ4n) is 2.59. The van der Waals surface area contributed by atoms with Crippen LogP contribution >= 0.6 is 11.6 Å². The highest BCUT2D eigenvalue weighted by molar-refractivity contribution is 6.34. The van der Waals surface area contributed by atoms with Gasteiger partial charge in [-0.3, -0.25) is 14.4 Å². The van der Waals surface area contributed by atoms with Crippen molar-refractivity contribution in [3.63, 3.8) is 0 Å². The van der Waals surface area contributed by atoms with E-state index in [0.29, 0.717) is 22.3 Å². The maximum atomic E-state index is 12.7. The van der Waals surface area contributed by atoms with Gasteiger partial charge < -0.3 is 20.4 Å². The second-order valence-electron chi connectivity index (χ2n) is 5.77. The van der Waals surface area contributed by atoms with Gasteiger partial charge in [-0.25, -0.2) is 0 Å². The van der Waals surface area contributed by atoms with E-state index >= 15 is 0 Å². The summed E-state index contributed by atoms with van der Waals surface area (Å²) in [5.41, 5.74) is 0.825. The summed E-state index contributed by atoms with van der Waals surface area (Å²) in [6, 6.07) is 9.64. The number of carbonyl (C=O) groups is 2. The zero-order chi connectivity index (χ0) is 19.6. The molecular formula is C19H16ClN3O4. The molecule has 0 aliphatic heterocycles. The van der Waals surface area contributed by atoms with Crippen molar-refractivity contribution in [2.24, 2.45) is 0 Å². The second-order valence-corrected chi connectivity index (χ2v) is 6.18. The number of H-pyrrole nitrogens is 1. The van der Waals surface area contributed by atoms with Crippen molar-refractivity contribution in [1.82, 2.24) is 4.98 Å². The molecule has 0 saturated carbocycles. The van der Waals surface area contributed by atoms with Crippen molar-refractivity contribution in [3.05, 3.63) is 63.4 Å². The van der Waals surface area contributed by atoms with Crippen LogP contribution in [-0.2, 0) is 4.79 Å². The summed E-state index contributed by atoms with van der Waals surface area (Å²) >= 11 is 6.11. The predicted molar refractivity (Wildman–Crippen MR) is 105 cm³/mol. The Kier molecular flexibility index (Phi) is 5.14. The van der Waals surface area contributed by atoms with Crippen molar-refractivity contribution in [3.8, 4) is 5.75 Å². The molecule has 3 N–H and O–H groups in total. The highest BCUT2D eigenvalue weighted by atomic mass is 35.5. The van der Waals surface area contributed by atoms with Crippen molar-refractivity contribution in [1.29, 1.82) is 0 Å². The van der Waals surface area contributed by atoms with E-state index in [4.69, 9.17) is 16.3 Å². The number of hydrogen-bond donors (Lipinski definition) is 3. The molecule has 0 saturated heterocycles. The molecule has 1 aromatic heterocycles. The van der Waals surface area contributed by atoms with Crippen LogP contribution in [0.4, 0.5) is 11.4 Å². The van der Waals surface area contributed by atoms with Gasteiger partial charge in [-0.15, -0.1) is 0 Å². The van der Waals surface area contributed by atoms with Gasteiger partial charge in [0.05, 0.1) is 17.8 Å². The molecule has 1 heterocycles. The van der Waals surface area contributed by atoms with Gasteiger partial charge in [-0.1, -0.05) is 11.6 Å². The Morgan fingerprint density at radius 1 is 1.11 bits per heavy atom. The standard InChI is InChI=1S/C19H16ClN3O4/c1-10(24)22-11-3-5-15(20)17(7-11)23-19(26)14-9-21-16-6-4-12(27-2)8-13(16)18(14)25/h3-9H,1-2H3,(H,21,25)(H,22,24)(H,23,26). The molecule has 0 spiro atoms. The van der Waals surface area contributed by atoms with Crippen LogP contribution in [0.5, 0.6) is 5.75 Å². The average molecular weight is 386 g/mol. The maximum absolute atomic E-state index is 12.7. The zero-order valence-electron chi connectivity index (χ0n) is 14.6. The summed E-state index contributed by atoms with van der Waals surface area (Å²) in [4.78, 5) is 39.4. The molecule has 3 rings (SSSR count). The topological polar surface area (TPSA) is 100 Å². The fraction of sp³-hybridized carbons (Fsp3) is 0.105. The van der Waals surface area contributed by atoms with Gasteiger partial charge in [0.1, 0.15) is 11.3 Å². The van der Waals surface area contributed by atoms with E-state index in [1.54, 1.807) is 24.3 Å². The number of aromatic nitrogens is 1. The molecule has 0 bridgehead atoms. The summed E-state index contributed by atoms with van der Waals surface area (Å²) in [5.74, 6) is -0.367. The van der Waals surface area contributed by atoms with Gasteiger partial charge >= 0.3 is 0 Å². The Labute approximate surface area is 159 Å². The summed E-state index contributed by atoms with van der Waals surface area (Å²) in [6.45, 7) is 1.37. The molecule has 3 aromatic rings. The second kappa shape index (κ2) is 7.51. The number of rotatable bonds is 4. The minimum Gasteiger partial charge on any atom is -0.497 e. The van der Waals surface area contributed by atoms with E-state index in [2.05, 4.69) is 15.6 Å². The van der Waals surface area contributed by atoms with Crippen molar-refractivity contribution in [2.45, 2.75) is 6.92 Å². The molecule has 0 atom stereocenters. The monoisotopic (exact) mass is 385 g/mol. The lowest BCUT2D eigenvalue weighted by Gasteiger charge is -2.10. The average Bonchev–Trinajstić information content (AvgIpc) is 2.64. The van der Waals surface area contributed by atoms with Crippen LogP contribution in [0.3, 0.4) is 0 Å². The minimum absolute atomic E-state index is 0.0725. The summed E-state index contributed by atoms with van der Waals surface area (Å²) in [7, 11) is 1.50. The van der Waals surface area contributed by atoms with Gasteiger partial charge in [0, 0.05) is 29.7 Å². The molecule has 27 heavy (non-hydrogen) atoms. The van der Waals surface area contributed by atoms with Crippen LogP contribution < -0.4 is 20.8 Å². The quantitative estimate of drug-likeness (QED) is 0.640. The Balaban J connectivity index is 1.96. The third-order valence-corrected chi connectivity index (χ3v) is 4.20. The lowest BCUT2D eigenvalue weighted by molar-refractivity contribution is -0.114. The summed E-state index contributed by atoms with van der Waals surface area (Å²) in [6.07, 6.45) is 1.35. The number of hydrogen-bond acceptors (Lipinski definition) is 4. The van der Waals surface area contributed by atoms with Gasteiger partial charge in [0.25, 0.3) is 5.91 Å². The highest BCUT2D eigenvalue weighted by Gasteiger charge is 2.15. The first-order chi connectivity index (χ1) is 12.9. The Morgan fingerprint density at radius 3 is 2.59 bits per heavy atom. The summed E-state index contributed by atoms with van der Waals surface area (Å²) in [5, 5.41) is 5.81. The largest absolute Gasteiger partial charge is 0.497 e. The molecule has 2 amide bonds. The minimum atomic E-state index is -0.622. The number of aromatic amines is 1. The molecule has 138 valence electrons. The molecule has 0 aliphatic rings. The molecule has 0 fully saturated rings. The van der Waals surface area contributed by atoms with E-state index in [1.165, 1.54) is 32.4 Å². The van der Waals surface area contributed by atoms with Crippen molar-refractivity contribution in [2.75, 3.05) is 17.7 Å². The smallest absolute Gasteiger partial charge is 0.261 e. The molecular weight excluding hydrogens is 370 g/mol.